The molecule has 1 atom stereocenters. The minimum atomic E-state index is -0.806. The van der Waals surface area contributed by atoms with Crippen LogP contribution in [0.2, 0.25) is 0 Å². The van der Waals surface area contributed by atoms with Gasteiger partial charge in [-0.05, 0) is 29.1 Å². The van der Waals surface area contributed by atoms with Gasteiger partial charge in [0, 0.05) is 13.1 Å². The zero-order valence-electron chi connectivity index (χ0n) is 17.7. The molecule has 166 valence electrons. The van der Waals surface area contributed by atoms with E-state index in [4.69, 9.17) is 11.5 Å². The predicted octanol–water partition coefficient (Wildman–Crippen LogP) is 2.56. The number of hydrogen-bond donors (Lipinski definition) is 3. The van der Waals surface area contributed by atoms with E-state index in [1.165, 1.54) is 4.90 Å². The molecule has 0 saturated carbocycles. The summed E-state index contributed by atoms with van der Waals surface area (Å²) in [5, 5.41) is 2.91. The van der Waals surface area contributed by atoms with Crippen LogP contribution in [0.5, 0.6) is 0 Å². The number of nitrogens with one attached hydrogen (secondary N) is 1. The highest BCUT2D eigenvalue weighted by atomic mass is 32.1. The molecule has 8 nitrogen and oxygen atoms in total. The van der Waals surface area contributed by atoms with Crippen LogP contribution >= 0.6 is 11.5 Å². The summed E-state index contributed by atoms with van der Waals surface area (Å²) in [5.41, 5.74) is 12.9. The van der Waals surface area contributed by atoms with E-state index in [0.717, 1.165) is 22.7 Å². The molecule has 0 aliphatic heterocycles. The van der Waals surface area contributed by atoms with Crippen molar-refractivity contribution in [2.45, 2.75) is 32.5 Å². The Hall–Kier alpha value is -3.72. The summed E-state index contributed by atoms with van der Waals surface area (Å²) in [6.07, 6.45) is 0.389. The lowest BCUT2D eigenvalue weighted by molar-refractivity contribution is -0.126. The summed E-state index contributed by atoms with van der Waals surface area (Å²) in [6, 6.07) is 18.1. The molecule has 9 heteroatoms. The van der Waals surface area contributed by atoms with Gasteiger partial charge in [-0.25, -0.2) is 0 Å². The molecule has 0 aliphatic carbocycles. The molecular formula is C23H25N5O3S. The van der Waals surface area contributed by atoms with Gasteiger partial charge in [-0.2, -0.15) is 4.37 Å². The monoisotopic (exact) mass is 451 g/mol. The van der Waals surface area contributed by atoms with Gasteiger partial charge >= 0.3 is 0 Å². The smallest absolute Gasteiger partial charge is 0.270 e. The SMILES string of the molecule is CC[C@@H](C(=O)NCc1ccccc1)N(Cc1ccccc1)C(=O)c1snc(C(N)=O)c1N. The molecule has 0 aliphatic rings. The Morgan fingerprint density at radius 2 is 1.62 bits per heavy atom. The summed E-state index contributed by atoms with van der Waals surface area (Å²) in [5.74, 6) is -1.56. The average molecular weight is 452 g/mol. The van der Waals surface area contributed by atoms with Crippen molar-refractivity contribution in [1.82, 2.24) is 14.6 Å². The van der Waals surface area contributed by atoms with Crippen LogP contribution in [0, 0.1) is 0 Å². The topological polar surface area (TPSA) is 131 Å². The number of carbonyl (C=O) groups is 3. The average Bonchev–Trinajstić information content (AvgIpc) is 3.20. The van der Waals surface area contributed by atoms with Gasteiger partial charge < -0.3 is 21.7 Å². The van der Waals surface area contributed by atoms with E-state index in [1.807, 2.05) is 67.6 Å². The lowest BCUT2D eigenvalue weighted by Crippen LogP contribution is -2.48. The van der Waals surface area contributed by atoms with Crippen molar-refractivity contribution in [1.29, 1.82) is 0 Å². The second kappa shape index (κ2) is 10.5. The highest BCUT2D eigenvalue weighted by Crippen LogP contribution is 2.25. The minimum absolute atomic E-state index is 0.0647. The molecule has 0 bridgehead atoms. The fourth-order valence-corrected chi connectivity index (χ4v) is 4.07. The molecule has 5 N–H and O–H groups in total. The van der Waals surface area contributed by atoms with Crippen molar-refractivity contribution in [2.75, 3.05) is 5.73 Å². The molecule has 0 spiro atoms. The molecule has 3 rings (SSSR count). The van der Waals surface area contributed by atoms with Gasteiger partial charge in [-0.3, -0.25) is 14.4 Å². The van der Waals surface area contributed by atoms with Crippen molar-refractivity contribution < 1.29 is 14.4 Å². The predicted molar refractivity (Wildman–Crippen MR) is 124 cm³/mol. The molecular weight excluding hydrogens is 426 g/mol. The summed E-state index contributed by atoms with van der Waals surface area (Å²) < 4.78 is 3.93. The van der Waals surface area contributed by atoms with Gasteiger partial charge in [0.15, 0.2) is 5.69 Å². The third-order valence-corrected chi connectivity index (χ3v) is 5.84. The number of rotatable bonds is 9. The molecule has 0 saturated heterocycles. The number of amides is 3. The van der Waals surface area contributed by atoms with Crippen LogP contribution in [0.3, 0.4) is 0 Å². The minimum Gasteiger partial charge on any atom is -0.395 e. The highest BCUT2D eigenvalue weighted by molar-refractivity contribution is 7.09. The second-order valence-electron chi connectivity index (χ2n) is 7.18. The molecule has 0 radical (unpaired) electrons. The third-order valence-electron chi connectivity index (χ3n) is 4.99. The molecule has 2 aromatic carbocycles. The molecule has 1 aromatic heterocycles. The van der Waals surface area contributed by atoms with Gasteiger partial charge in [-0.15, -0.1) is 0 Å². The first-order valence-electron chi connectivity index (χ1n) is 10.1. The van der Waals surface area contributed by atoms with E-state index in [2.05, 4.69) is 9.69 Å². The number of primary amides is 1. The van der Waals surface area contributed by atoms with E-state index in [9.17, 15) is 14.4 Å². The summed E-state index contributed by atoms with van der Waals surface area (Å²) in [4.78, 5) is 39.6. The van der Waals surface area contributed by atoms with Crippen LogP contribution in [0.25, 0.3) is 0 Å². The fraction of sp³-hybridized carbons (Fsp3) is 0.217. The van der Waals surface area contributed by atoms with Crippen molar-refractivity contribution in [3.63, 3.8) is 0 Å². The summed E-state index contributed by atoms with van der Waals surface area (Å²) in [6.45, 7) is 2.38. The van der Waals surface area contributed by atoms with Crippen LogP contribution in [-0.4, -0.2) is 33.0 Å². The number of carbonyl (C=O) groups excluding carboxylic acids is 3. The molecule has 3 aromatic rings. The molecule has 0 unspecified atom stereocenters. The first-order valence-corrected chi connectivity index (χ1v) is 10.9. The van der Waals surface area contributed by atoms with Crippen LogP contribution in [0.4, 0.5) is 5.69 Å². The number of nitrogens with two attached hydrogens (primary N) is 2. The van der Waals surface area contributed by atoms with Crippen LogP contribution in [-0.2, 0) is 17.9 Å². The number of aromatic nitrogens is 1. The second-order valence-corrected chi connectivity index (χ2v) is 7.96. The van der Waals surface area contributed by atoms with Crippen LogP contribution < -0.4 is 16.8 Å². The van der Waals surface area contributed by atoms with Crippen LogP contribution in [0.1, 0.15) is 44.6 Å². The Morgan fingerprint density at radius 1 is 1.03 bits per heavy atom. The molecule has 0 fully saturated rings. The summed E-state index contributed by atoms with van der Waals surface area (Å²) >= 11 is 0.803. The molecule has 32 heavy (non-hydrogen) atoms. The molecule has 3 amide bonds. The van der Waals surface area contributed by atoms with E-state index >= 15 is 0 Å². The van der Waals surface area contributed by atoms with Gasteiger partial charge in [0.05, 0.1) is 5.69 Å². The molecule has 1 heterocycles. The van der Waals surface area contributed by atoms with E-state index in [0.29, 0.717) is 13.0 Å². The largest absolute Gasteiger partial charge is 0.395 e. The maximum absolute atomic E-state index is 13.5. The zero-order valence-corrected chi connectivity index (χ0v) is 18.5. The van der Waals surface area contributed by atoms with E-state index < -0.39 is 17.9 Å². The Morgan fingerprint density at radius 3 is 2.16 bits per heavy atom. The number of nitrogen functional groups attached to an aromatic ring is 1. The van der Waals surface area contributed by atoms with Crippen molar-refractivity contribution in [3.05, 3.63) is 82.4 Å². The van der Waals surface area contributed by atoms with Gasteiger partial charge in [-0.1, -0.05) is 67.6 Å². The number of benzene rings is 2. The Labute approximate surface area is 190 Å². The number of anilines is 1. The van der Waals surface area contributed by atoms with Gasteiger partial charge in [0.25, 0.3) is 11.8 Å². The van der Waals surface area contributed by atoms with E-state index in [-0.39, 0.29) is 28.7 Å². The van der Waals surface area contributed by atoms with Gasteiger partial charge in [0.2, 0.25) is 5.91 Å². The maximum Gasteiger partial charge on any atom is 0.270 e. The standard InChI is InChI=1S/C23H25N5O3S/c1-2-17(22(30)26-13-15-9-5-3-6-10-15)28(14-16-11-7-4-8-12-16)23(31)20-18(24)19(21(25)29)27-32-20/h3-12,17H,2,13-14,24H2,1H3,(H2,25,29)(H,26,30)/t17-/m0/s1. The Balaban J connectivity index is 1.88. The first kappa shape index (κ1) is 23.0. The van der Waals surface area contributed by atoms with Crippen molar-refractivity contribution >= 4 is 34.9 Å². The van der Waals surface area contributed by atoms with Gasteiger partial charge in [0.1, 0.15) is 10.9 Å². The lowest BCUT2D eigenvalue weighted by Gasteiger charge is -2.30. The third kappa shape index (κ3) is 5.30. The normalized spacial score (nSPS) is 11.5. The number of hydrogen-bond acceptors (Lipinski definition) is 6. The number of nitrogens with zero attached hydrogens (tertiary/aromatic N) is 2. The highest BCUT2D eigenvalue weighted by Gasteiger charge is 2.32. The quantitative estimate of drug-likeness (QED) is 0.460. The Bertz CT molecular complexity index is 1090. The van der Waals surface area contributed by atoms with E-state index in [1.54, 1.807) is 0 Å². The fourth-order valence-electron chi connectivity index (χ4n) is 3.31. The lowest BCUT2D eigenvalue weighted by atomic mass is 10.1. The Kier molecular flexibility index (Phi) is 7.56. The van der Waals surface area contributed by atoms with Crippen LogP contribution in [0.15, 0.2) is 60.7 Å². The zero-order chi connectivity index (χ0) is 23.1. The summed E-state index contributed by atoms with van der Waals surface area (Å²) in [7, 11) is 0. The van der Waals surface area contributed by atoms with Crippen molar-refractivity contribution in [3.8, 4) is 0 Å². The van der Waals surface area contributed by atoms with Crippen molar-refractivity contribution in [2.24, 2.45) is 5.73 Å². The first-order chi connectivity index (χ1) is 15.4. The maximum atomic E-state index is 13.5.